The Labute approximate surface area is 110 Å². The van der Waals surface area contributed by atoms with E-state index in [4.69, 9.17) is 0 Å². The van der Waals surface area contributed by atoms with Crippen molar-refractivity contribution in [2.24, 2.45) is 5.41 Å². The van der Waals surface area contributed by atoms with Crippen LogP contribution in [0, 0.1) is 5.41 Å². The highest BCUT2D eigenvalue weighted by Gasteiger charge is 2.27. The predicted octanol–water partition coefficient (Wildman–Crippen LogP) is 4.41. The van der Waals surface area contributed by atoms with Gasteiger partial charge < -0.3 is 0 Å². The van der Waals surface area contributed by atoms with Gasteiger partial charge in [0, 0.05) is 6.42 Å². The number of hydrogen-bond acceptors (Lipinski definition) is 1. The highest BCUT2D eigenvalue weighted by molar-refractivity contribution is 5.99. The van der Waals surface area contributed by atoms with Crippen LogP contribution in [0.25, 0.3) is 5.57 Å². The van der Waals surface area contributed by atoms with Crippen molar-refractivity contribution in [1.82, 2.24) is 0 Å². The minimum Gasteiger partial charge on any atom is -0.295 e. The molecule has 0 saturated carbocycles. The SMILES string of the molecule is CCCc1cccc(C2=CC(=O)CC(C)(C)C2)c1. The Morgan fingerprint density at radius 2 is 2.00 bits per heavy atom. The van der Waals surface area contributed by atoms with Crippen LogP contribution in [0.15, 0.2) is 30.3 Å². The molecule has 0 atom stereocenters. The molecule has 1 aliphatic carbocycles. The molecule has 0 unspecified atom stereocenters. The minimum absolute atomic E-state index is 0.0991. The molecule has 0 radical (unpaired) electrons. The second kappa shape index (κ2) is 5.09. The summed E-state index contributed by atoms with van der Waals surface area (Å²) in [6.45, 7) is 6.54. The van der Waals surface area contributed by atoms with Crippen molar-refractivity contribution in [3.05, 3.63) is 41.5 Å². The van der Waals surface area contributed by atoms with Crippen LogP contribution in [0.2, 0.25) is 0 Å². The Morgan fingerprint density at radius 1 is 1.22 bits per heavy atom. The average Bonchev–Trinajstić information content (AvgIpc) is 2.27. The lowest BCUT2D eigenvalue weighted by atomic mass is 9.75. The van der Waals surface area contributed by atoms with Crippen LogP contribution in [0.3, 0.4) is 0 Å². The van der Waals surface area contributed by atoms with E-state index in [2.05, 4.69) is 45.0 Å². The van der Waals surface area contributed by atoms with Gasteiger partial charge in [-0.25, -0.2) is 0 Å². The van der Waals surface area contributed by atoms with Crippen LogP contribution in [0.1, 0.15) is 51.2 Å². The first kappa shape index (κ1) is 13.1. The van der Waals surface area contributed by atoms with Gasteiger partial charge in [0.05, 0.1) is 0 Å². The van der Waals surface area contributed by atoms with Gasteiger partial charge in [0.1, 0.15) is 0 Å². The lowest BCUT2D eigenvalue weighted by molar-refractivity contribution is -0.116. The Hall–Kier alpha value is -1.37. The molecule has 0 bridgehead atoms. The normalized spacial score (nSPS) is 18.6. The monoisotopic (exact) mass is 242 g/mol. The number of rotatable bonds is 3. The quantitative estimate of drug-likeness (QED) is 0.767. The van der Waals surface area contributed by atoms with Crippen LogP contribution < -0.4 is 0 Å². The van der Waals surface area contributed by atoms with E-state index in [9.17, 15) is 4.79 Å². The third-order valence-electron chi connectivity index (χ3n) is 3.49. The summed E-state index contributed by atoms with van der Waals surface area (Å²) in [5, 5.41) is 0. The Balaban J connectivity index is 2.31. The molecule has 18 heavy (non-hydrogen) atoms. The summed E-state index contributed by atoms with van der Waals surface area (Å²) >= 11 is 0. The maximum Gasteiger partial charge on any atom is 0.156 e. The molecule has 0 saturated heterocycles. The molecule has 0 fully saturated rings. The molecule has 0 aliphatic heterocycles. The molecule has 1 aromatic carbocycles. The second-order valence-corrected chi connectivity index (χ2v) is 6.10. The van der Waals surface area contributed by atoms with Gasteiger partial charge >= 0.3 is 0 Å². The van der Waals surface area contributed by atoms with Crippen molar-refractivity contribution in [3.8, 4) is 0 Å². The first-order valence-electron chi connectivity index (χ1n) is 6.83. The van der Waals surface area contributed by atoms with Crippen molar-refractivity contribution < 1.29 is 4.79 Å². The summed E-state index contributed by atoms with van der Waals surface area (Å²) in [6.07, 6.45) is 5.78. The second-order valence-electron chi connectivity index (χ2n) is 6.10. The van der Waals surface area contributed by atoms with Gasteiger partial charge in [-0.3, -0.25) is 4.79 Å². The van der Waals surface area contributed by atoms with E-state index in [-0.39, 0.29) is 11.2 Å². The molecule has 0 aromatic heterocycles. The Morgan fingerprint density at radius 3 is 2.67 bits per heavy atom. The van der Waals surface area contributed by atoms with Crippen LogP contribution >= 0.6 is 0 Å². The van der Waals surface area contributed by atoms with Crippen molar-refractivity contribution in [1.29, 1.82) is 0 Å². The number of allylic oxidation sites excluding steroid dienone is 2. The van der Waals surface area contributed by atoms with Gasteiger partial charge in [-0.05, 0) is 41.0 Å². The van der Waals surface area contributed by atoms with Gasteiger partial charge in [0.15, 0.2) is 5.78 Å². The highest BCUT2D eigenvalue weighted by Crippen LogP contribution is 2.38. The van der Waals surface area contributed by atoms with E-state index in [0.29, 0.717) is 6.42 Å². The molecule has 0 spiro atoms. The van der Waals surface area contributed by atoms with Crippen LogP contribution in [0.5, 0.6) is 0 Å². The zero-order valence-electron chi connectivity index (χ0n) is 11.6. The molecule has 1 aromatic rings. The maximum atomic E-state index is 11.8. The van der Waals surface area contributed by atoms with Crippen molar-refractivity contribution in [2.45, 2.75) is 46.5 Å². The third kappa shape index (κ3) is 3.10. The van der Waals surface area contributed by atoms with Crippen LogP contribution in [-0.2, 0) is 11.2 Å². The van der Waals surface area contributed by atoms with Crippen molar-refractivity contribution in [3.63, 3.8) is 0 Å². The molecule has 1 heteroatoms. The fraction of sp³-hybridized carbons (Fsp3) is 0.471. The molecule has 0 amide bonds. The summed E-state index contributed by atoms with van der Waals surface area (Å²) in [6, 6.07) is 8.64. The topological polar surface area (TPSA) is 17.1 Å². The summed E-state index contributed by atoms with van der Waals surface area (Å²) in [5.41, 5.74) is 3.89. The fourth-order valence-electron chi connectivity index (χ4n) is 2.75. The summed E-state index contributed by atoms with van der Waals surface area (Å²) in [4.78, 5) is 11.8. The number of aryl methyl sites for hydroxylation is 1. The standard InChI is InChI=1S/C17H22O/c1-4-6-13-7-5-8-14(9-13)15-10-16(18)12-17(2,3)11-15/h5,7-10H,4,6,11-12H2,1-3H3. The van der Waals surface area contributed by atoms with E-state index in [0.717, 1.165) is 19.3 Å². The highest BCUT2D eigenvalue weighted by atomic mass is 16.1. The summed E-state index contributed by atoms with van der Waals surface area (Å²) < 4.78 is 0. The van der Waals surface area contributed by atoms with Gasteiger partial charge in [-0.15, -0.1) is 0 Å². The van der Waals surface area contributed by atoms with Gasteiger partial charge in [0.2, 0.25) is 0 Å². The average molecular weight is 242 g/mol. The first-order chi connectivity index (χ1) is 8.50. The molecule has 0 heterocycles. The van der Waals surface area contributed by atoms with Gasteiger partial charge in [-0.2, -0.15) is 0 Å². The molecular weight excluding hydrogens is 220 g/mol. The Bertz CT molecular complexity index is 480. The number of carbonyl (C=O) groups is 1. The Kier molecular flexibility index (Phi) is 3.70. The fourth-order valence-corrected chi connectivity index (χ4v) is 2.75. The van der Waals surface area contributed by atoms with Crippen molar-refractivity contribution >= 4 is 11.4 Å². The smallest absolute Gasteiger partial charge is 0.156 e. The van der Waals surface area contributed by atoms with E-state index < -0.39 is 0 Å². The van der Waals surface area contributed by atoms with E-state index in [1.165, 1.54) is 16.7 Å². The molecular formula is C17H22O. The number of hydrogen-bond donors (Lipinski definition) is 0. The maximum absolute atomic E-state index is 11.8. The van der Waals surface area contributed by atoms with E-state index in [1.54, 1.807) is 0 Å². The predicted molar refractivity (Wildman–Crippen MR) is 76.4 cm³/mol. The van der Waals surface area contributed by atoms with E-state index in [1.807, 2.05) is 6.08 Å². The first-order valence-corrected chi connectivity index (χ1v) is 6.83. The molecule has 0 N–H and O–H groups in total. The molecule has 2 rings (SSSR count). The number of ketones is 1. The summed E-state index contributed by atoms with van der Waals surface area (Å²) in [5.74, 6) is 0.266. The molecule has 1 nitrogen and oxygen atoms in total. The lowest BCUT2D eigenvalue weighted by Crippen LogP contribution is -2.21. The van der Waals surface area contributed by atoms with Gasteiger partial charge in [-0.1, -0.05) is 51.5 Å². The third-order valence-corrected chi connectivity index (χ3v) is 3.49. The zero-order chi connectivity index (χ0) is 13.2. The van der Waals surface area contributed by atoms with E-state index >= 15 is 0 Å². The minimum atomic E-state index is 0.0991. The number of carbonyl (C=O) groups excluding carboxylic acids is 1. The number of benzene rings is 1. The van der Waals surface area contributed by atoms with Crippen LogP contribution in [-0.4, -0.2) is 5.78 Å². The largest absolute Gasteiger partial charge is 0.295 e. The molecule has 96 valence electrons. The zero-order valence-corrected chi connectivity index (χ0v) is 11.6. The van der Waals surface area contributed by atoms with Crippen LogP contribution in [0.4, 0.5) is 0 Å². The lowest BCUT2D eigenvalue weighted by Gasteiger charge is -2.29. The van der Waals surface area contributed by atoms with Gasteiger partial charge in [0.25, 0.3) is 0 Å². The van der Waals surface area contributed by atoms with Crippen molar-refractivity contribution in [2.75, 3.05) is 0 Å². The summed E-state index contributed by atoms with van der Waals surface area (Å²) in [7, 11) is 0. The molecule has 1 aliphatic rings.